The lowest BCUT2D eigenvalue weighted by Crippen LogP contribution is -2.07. The monoisotopic (exact) mass is 209 g/mol. The Balaban J connectivity index is 3.06. The van der Waals surface area contributed by atoms with E-state index in [-0.39, 0.29) is 0 Å². The standard InChI is InChI=1S/C11H19N3O/c1-4-6-7-8-9(5-2)13-11(12)14-10(8)15-3/h4-7H2,1-3H3,(H2,12,13,14). The number of nitrogens with zero attached hydrogens (tertiary/aromatic N) is 2. The van der Waals surface area contributed by atoms with Crippen LogP contribution in [-0.4, -0.2) is 17.1 Å². The number of ether oxygens (including phenoxy) is 1. The number of hydrogen-bond acceptors (Lipinski definition) is 4. The van der Waals surface area contributed by atoms with Gasteiger partial charge in [-0.25, -0.2) is 4.98 Å². The number of nitrogens with two attached hydrogens (primary N) is 1. The molecule has 0 saturated heterocycles. The van der Waals surface area contributed by atoms with Crippen LogP contribution >= 0.6 is 0 Å². The first-order valence-electron chi connectivity index (χ1n) is 5.42. The number of anilines is 1. The topological polar surface area (TPSA) is 61.0 Å². The van der Waals surface area contributed by atoms with Gasteiger partial charge in [0.25, 0.3) is 0 Å². The van der Waals surface area contributed by atoms with E-state index in [4.69, 9.17) is 10.5 Å². The number of unbranched alkanes of at least 4 members (excludes halogenated alkanes) is 1. The van der Waals surface area contributed by atoms with E-state index in [2.05, 4.69) is 23.8 Å². The molecule has 0 aromatic carbocycles. The van der Waals surface area contributed by atoms with Gasteiger partial charge in [0.1, 0.15) is 0 Å². The molecule has 0 aliphatic rings. The number of nitrogen functional groups attached to an aromatic ring is 1. The van der Waals surface area contributed by atoms with Crippen molar-refractivity contribution in [3.63, 3.8) is 0 Å². The van der Waals surface area contributed by atoms with Crippen molar-refractivity contribution in [3.05, 3.63) is 11.3 Å². The van der Waals surface area contributed by atoms with E-state index in [1.807, 2.05) is 0 Å². The third-order valence-corrected chi connectivity index (χ3v) is 2.38. The molecule has 1 aromatic rings. The average Bonchev–Trinajstić information content (AvgIpc) is 2.26. The van der Waals surface area contributed by atoms with Crippen LogP contribution in [0.3, 0.4) is 0 Å². The third-order valence-electron chi connectivity index (χ3n) is 2.38. The molecule has 0 atom stereocenters. The van der Waals surface area contributed by atoms with Crippen LogP contribution in [-0.2, 0) is 12.8 Å². The molecule has 4 heteroatoms. The van der Waals surface area contributed by atoms with Crippen molar-refractivity contribution in [2.24, 2.45) is 0 Å². The molecule has 15 heavy (non-hydrogen) atoms. The summed E-state index contributed by atoms with van der Waals surface area (Å²) in [5.74, 6) is 0.928. The zero-order valence-electron chi connectivity index (χ0n) is 9.71. The molecule has 0 aliphatic carbocycles. The fourth-order valence-corrected chi connectivity index (χ4v) is 1.59. The summed E-state index contributed by atoms with van der Waals surface area (Å²) >= 11 is 0. The lowest BCUT2D eigenvalue weighted by molar-refractivity contribution is 0.390. The smallest absolute Gasteiger partial charge is 0.223 e. The molecular weight excluding hydrogens is 190 g/mol. The second kappa shape index (κ2) is 5.53. The highest BCUT2D eigenvalue weighted by atomic mass is 16.5. The molecule has 0 unspecified atom stereocenters. The van der Waals surface area contributed by atoms with Gasteiger partial charge < -0.3 is 10.5 Å². The minimum Gasteiger partial charge on any atom is -0.481 e. The lowest BCUT2D eigenvalue weighted by Gasteiger charge is -2.11. The first-order chi connectivity index (χ1) is 7.22. The number of hydrogen-bond donors (Lipinski definition) is 1. The van der Waals surface area contributed by atoms with Gasteiger partial charge in [0.2, 0.25) is 11.8 Å². The Morgan fingerprint density at radius 2 is 2.00 bits per heavy atom. The third kappa shape index (κ3) is 2.81. The van der Waals surface area contributed by atoms with E-state index in [1.54, 1.807) is 7.11 Å². The fourth-order valence-electron chi connectivity index (χ4n) is 1.59. The summed E-state index contributed by atoms with van der Waals surface area (Å²) in [6, 6.07) is 0. The minimum atomic E-state index is 0.295. The zero-order chi connectivity index (χ0) is 11.3. The molecule has 4 nitrogen and oxygen atoms in total. The largest absolute Gasteiger partial charge is 0.481 e. The maximum Gasteiger partial charge on any atom is 0.223 e. The van der Waals surface area contributed by atoms with E-state index in [0.29, 0.717) is 11.8 Å². The maximum absolute atomic E-state index is 5.61. The van der Waals surface area contributed by atoms with Crippen LogP contribution in [0.1, 0.15) is 37.9 Å². The molecule has 0 spiro atoms. The van der Waals surface area contributed by atoms with E-state index in [9.17, 15) is 0 Å². The van der Waals surface area contributed by atoms with Gasteiger partial charge >= 0.3 is 0 Å². The Morgan fingerprint density at radius 1 is 1.27 bits per heavy atom. The molecule has 1 aromatic heterocycles. The molecule has 1 rings (SSSR count). The molecule has 1 heterocycles. The normalized spacial score (nSPS) is 10.3. The number of aryl methyl sites for hydroxylation is 1. The predicted molar refractivity (Wildman–Crippen MR) is 61.0 cm³/mol. The van der Waals surface area contributed by atoms with Crippen molar-refractivity contribution in [1.82, 2.24) is 9.97 Å². The lowest BCUT2D eigenvalue weighted by atomic mass is 10.1. The second-order valence-corrected chi connectivity index (χ2v) is 3.47. The van der Waals surface area contributed by atoms with Crippen LogP contribution < -0.4 is 10.5 Å². The highest BCUT2D eigenvalue weighted by molar-refractivity contribution is 5.36. The van der Waals surface area contributed by atoms with Crippen LogP contribution in [0.5, 0.6) is 5.88 Å². The van der Waals surface area contributed by atoms with Gasteiger partial charge in [-0.15, -0.1) is 0 Å². The van der Waals surface area contributed by atoms with Gasteiger partial charge in [-0.05, 0) is 19.3 Å². The summed E-state index contributed by atoms with van der Waals surface area (Å²) in [7, 11) is 1.62. The van der Waals surface area contributed by atoms with E-state index in [1.165, 1.54) is 0 Å². The van der Waals surface area contributed by atoms with Crippen LogP contribution in [0, 0.1) is 0 Å². The molecule has 84 valence electrons. The summed E-state index contributed by atoms with van der Waals surface area (Å²) in [6.45, 7) is 4.23. The summed E-state index contributed by atoms with van der Waals surface area (Å²) in [5.41, 5.74) is 7.72. The summed E-state index contributed by atoms with van der Waals surface area (Å²) in [4.78, 5) is 8.34. The van der Waals surface area contributed by atoms with Gasteiger partial charge in [0, 0.05) is 5.56 Å². The Bertz CT molecular complexity index is 301. The Morgan fingerprint density at radius 3 is 2.53 bits per heavy atom. The average molecular weight is 209 g/mol. The molecule has 2 N–H and O–H groups in total. The van der Waals surface area contributed by atoms with Gasteiger partial charge in [-0.1, -0.05) is 20.3 Å². The highest BCUT2D eigenvalue weighted by Gasteiger charge is 2.11. The van der Waals surface area contributed by atoms with Crippen molar-refractivity contribution >= 4 is 5.95 Å². The molecule has 0 bridgehead atoms. The maximum atomic E-state index is 5.61. The summed E-state index contributed by atoms with van der Waals surface area (Å²) < 4.78 is 5.23. The van der Waals surface area contributed by atoms with Gasteiger partial charge in [0.05, 0.1) is 12.8 Å². The van der Waals surface area contributed by atoms with Gasteiger partial charge in [-0.3, -0.25) is 0 Å². The van der Waals surface area contributed by atoms with Crippen molar-refractivity contribution in [3.8, 4) is 5.88 Å². The number of aromatic nitrogens is 2. The van der Waals surface area contributed by atoms with E-state index >= 15 is 0 Å². The van der Waals surface area contributed by atoms with E-state index in [0.717, 1.165) is 36.9 Å². The Kier molecular flexibility index (Phi) is 4.34. The predicted octanol–water partition coefficient (Wildman–Crippen LogP) is 1.97. The highest BCUT2D eigenvalue weighted by Crippen LogP contribution is 2.22. The van der Waals surface area contributed by atoms with Crippen LogP contribution in [0.15, 0.2) is 0 Å². The Labute approximate surface area is 90.9 Å². The van der Waals surface area contributed by atoms with E-state index < -0.39 is 0 Å². The van der Waals surface area contributed by atoms with Gasteiger partial charge in [-0.2, -0.15) is 4.98 Å². The number of methoxy groups -OCH3 is 1. The quantitative estimate of drug-likeness (QED) is 0.805. The van der Waals surface area contributed by atoms with Crippen molar-refractivity contribution in [2.75, 3.05) is 12.8 Å². The first kappa shape index (κ1) is 11.8. The Hall–Kier alpha value is -1.32. The zero-order valence-corrected chi connectivity index (χ0v) is 9.71. The molecular formula is C11H19N3O. The SMILES string of the molecule is CCCCc1c(CC)nc(N)nc1OC. The van der Waals surface area contributed by atoms with Crippen LogP contribution in [0.25, 0.3) is 0 Å². The van der Waals surface area contributed by atoms with Crippen LogP contribution in [0.2, 0.25) is 0 Å². The van der Waals surface area contributed by atoms with Gasteiger partial charge in [0.15, 0.2) is 0 Å². The minimum absolute atomic E-state index is 0.295. The van der Waals surface area contributed by atoms with Crippen molar-refractivity contribution < 1.29 is 4.74 Å². The molecule has 0 amide bonds. The molecule has 0 radical (unpaired) electrons. The van der Waals surface area contributed by atoms with Crippen molar-refractivity contribution in [2.45, 2.75) is 39.5 Å². The molecule has 0 saturated carbocycles. The van der Waals surface area contributed by atoms with Crippen molar-refractivity contribution in [1.29, 1.82) is 0 Å². The second-order valence-electron chi connectivity index (χ2n) is 3.47. The summed E-state index contributed by atoms with van der Waals surface area (Å²) in [6.07, 6.45) is 4.10. The summed E-state index contributed by atoms with van der Waals surface area (Å²) in [5, 5.41) is 0. The first-order valence-corrected chi connectivity index (χ1v) is 5.42. The fraction of sp³-hybridized carbons (Fsp3) is 0.636. The molecule has 0 aliphatic heterocycles. The molecule has 0 fully saturated rings. The number of rotatable bonds is 5. The van der Waals surface area contributed by atoms with Crippen LogP contribution in [0.4, 0.5) is 5.95 Å².